The standard InChI is InChI=1S/C7H10N2O3/c1-9-6(11-2)5(4-8-9)7(10)12-3/h4H,1-3H3. The largest absolute Gasteiger partial charge is 0.481 e. The maximum Gasteiger partial charge on any atom is 0.345 e. The molecule has 0 saturated carbocycles. The van der Waals surface area contributed by atoms with Crippen molar-refractivity contribution < 1.29 is 14.3 Å². The Kier molecular flexibility index (Phi) is 2.32. The van der Waals surface area contributed by atoms with E-state index in [0.29, 0.717) is 11.4 Å². The Bertz CT molecular complexity index is 293. The van der Waals surface area contributed by atoms with Crippen LogP contribution in [0, 0.1) is 0 Å². The molecule has 0 N–H and O–H groups in total. The van der Waals surface area contributed by atoms with Crippen LogP contribution in [0.25, 0.3) is 0 Å². The molecule has 0 bridgehead atoms. The van der Waals surface area contributed by atoms with Crippen molar-refractivity contribution in [2.75, 3.05) is 14.2 Å². The van der Waals surface area contributed by atoms with Crippen molar-refractivity contribution in [2.24, 2.45) is 7.05 Å². The normalized spacial score (nSPS) is 9.58. The van der Waals surface area contributed by atoms with Gasteiger partial charge in [0.05, 0.1) is 20.4 Å². The highest BCUT2D eigenvalue weighted by molar-refractivity contribution is 5.91. The number of carbonyl (C=O) groups excluding carboxylic acids is 1. The molecule has 0 aliphatic carbocycles. The zero-order chi connectivity index (χ0) is 9.14. The Morgan fingerprint density at radius 3 is 2.75 bits per heavy atom. The Morgan fingerprint density at radius 1 is 1.58 bits per heavy atom. The lowest BCUT2D eigenvalue weighted by Gasteiger charge is -2.01. The predicted molar refractivity (Wildman–Crippen MR) is 41.1 cm³/mol. The summed E-state index contributed by atoms with van der Waals surface area (Å²) in [5.74, 6) is -0.0400. The lowest BCUT2D eigenvalue weighted by Crippen LogP contribution is -2.03. The molecule has 66 valence electrons. The molecule has 12 heavy (non-hydrogen) atoms. The molecule has 0 aromatic carbocycles. The van der Waals surface area contributed by atoms with E-state index < -0.39 is 5.97 Å². The predicted octanol–water partition coefficient (Wildman–Crippen LogP) is 0.215. The van der Waals surface area contributed by atoms with Gasteiger partial charge in [0, 0.05) is 7.05 Å². The van der Waals surface area contributed by atoms with Crippen LogP contribution in [0.15, 0.2) is 6.20 Å². The molecular weight excluding hydrogens is 160 g/mol. The first kappa shape index (κ1) is 8.58. The number of aromatic nitrogens is 2. The van der Waals surface area contributed by atoms with Gasteiger partial charge in [-0.25, -0.2) is 9.48 Å². The molecule has 5 heteroatoms. The lowest BCUT2D eigenvalue weighted by atomic mass is 10.3. The van der Waals surface area contributed by atoms with Gasteiger partial charge < -0.3 is 9.47 Å². The zero-order valence-corrected chi connectivity index (χ0v) is 7.20. The van der Waals surface area contributed by atoms with Crippen LogP contribution in [0.1, 0.15) is 10.4 Å². The molecule has 0 aliphatic rings. The first-order valence-electron chi connectivity index (χ1n) is 3.35. The quantitative estimate of drug-likeness (QED) is 0.595. The number of rotatable bonds is 2. The molecule has 0 atom stereocenters. The fourth-order valence-electron chi connectivity index (χ4n) is 0.918. The highest BCUT2D eigenvalue weighted by Gasteiger charge is 2.16. The van der Waals surface area contributed by atoms with Crippen LogP contribution in [0.3, 0.4) is 0 Å². The van der Waals surface area contributed by atoms with E-state index in [1.165, 1.54) is 25.1 Å². The van der Waals surface area contributed by atoms with Crippen LogP contribution in [-0.2, 0) is 11.8 Å². The molecule has 0 spiro atoms. The molecule has 0 radical (unpaired) electrons. The summed E-state index contributed by atoms with van der Waals surface area (Å²) in [7, 11) is 4.48. The number of hydrogen-bond acceptors (Lipinski definition) is 4. The van der Waals surface area contributed by atoms with Gasteiger partial charge in [-0.2, -0.15) is 5.10 Å². The third kappa shape index (κ3) is 1.25. The van der Waals surface area contributed by atoms with E-state index in [-0.39, 0.29) is 0 Å². The van der Waals surface area contributed by atoms with Gasteiger partial charge in [-0.1, -0.05) is 0 Å². The molecule has 0 unspecified atom stereocenters. The monoisotopic (exact) mass is 170 g/mol. The number of aryl methyl sites for hydroxylation is 1. The highest BCUT2D eigenvalue weighted by Crippen LogP contribution is 2.16. The van der Waals surface area contributed by atoms with Gasteiger partial charge in [-0.3, -0.25) is 0 Å². The van der Waals surface area contributed by atoms with Crippen molar-refractivity contribution in [3.8, 4) is 5.88 Å². The second kappa shape index (κ2) is 3.25. The Labute approximate surface area is 69.9 Å². The van der Waals surface area contributed by atoms with E-state index in [0.717, 1.165) is 0 Å². The third-order valence-corrected chi connectivity index (χ3v) is 1.48. The molecule has 1 aromatic rings. The molecule has 0 fully saturated rings. The Hall–Kier alpha value is -1.52. The number of hydrogen-bond donors (Lipinski definition) is 0. The topological polar surface area (TPSA) is 53.3 Å². The molecule has 0 amide bonds. The van der Waals surface area contributed by atoms with Gasteiger partial charge in [-0.05, 0) is 0 Å². The summed E-state index contributed by atoms with van der Waals surface area (Å²) in [5.41, 5.74) is 0.336. The number of methoxy groups -OCH3 is 2. The molecule has 1 heterocycles. The van der Waals surface area contributed by atoms with E-state index in [2.05, 4.69) is 9.84 Å². The van der Waals surface area contributed by atoms with E-state index >= 15 is 0 Å². The molecule has 0 saturated heterocycles. The van der Waals surface area contributed by atoms with E-state index in [4.69, 9.17) is 4.74 Å². The number of esters is 1. The van der Waals surface area contributed by atoms with Crippen LogP contribution in [-0.4, -0.2) is 30.0 Å². The number of nitrogens with zero attached hydrogens (tertiary/aromatic N) is 2. The van der Waals surface area contributed by atoms with Crippen LogP contribution in [0.5, 0.6) is 5.88 Å². The summed E-state index contributed by atoms with van der Waals surface area (Å²) >= 11 is 0. The first-order chi connectivity index (χ1) is 5.70. The van der Waals surface area contributed by atoms with E-state index in [9.17, 15) is 4.79 Å². The number of carbonyl (C=O) groups is 1. The Morgan fingerprint density at radius 2 is 2.25 bits per heavy atom. The molecule has 1 aromatic heterocycles. The summed E-state index contributed by atoms with van der Waals surface area (Å²) in [6.07, 6.45) is 1.41. The van der Waals surface area contributed by atoms with Gasteiger partial charge in [0.2, 0.25) is 5.88 Å². The second-order valence-corrected chi connectivity index (χ2v) is 2.18. The fraction of sp³-hybridized carbons (Fsp3) is 0.429. The van der Waals surface area contributed by atoms with Crippen molar-refractivity contribution in [3.63, 3.8) is 0 Å². The summed E-state index contributed by atoms with van der Waals surface area (Å²) < 4.78 is 10.9. The van der Waals surface area contributed by atoms with Crippen molar-refractivity contribution >= 4 is 5.97 Å². The summed E-state index contributed by atoms with van der Waals surface area (Å²) in [6.45, 7) is 0. The lowest BCUT2D eigenvalue weighted by molar-refractivity contribution is 0.0596. The van der Waals surface area contributed by atoms with Crippen LogP contribution in [0.4, 0.5) is 0 Å². The summed E-state index contributed by atoms with van der Waals surface area (Å²) in [5, 5.41) is 3.85. The average Bonchev–Trinajstić information content (AvgIpc) is 2.45. The minimum atomic E-state index is -0.444. The van der Waals surface area contributed by atoms with E-state index in [1.54, 1.807) is 7.05 Å². The SMILES string of the molecule is COC(=O)c1cnn(C)c1OC. The van der Waals surface area contributed by atoms with Crippen LogP contribution < -0.4 is 4.74 Å². The highest BCUT2D eigenvalue weighted by atomic mass is 16.5. The smallest absolute Gasteiger partial charge is 0.345 e. The van der Waals surface area contributed by atoms with Crippen LogP contribution >= 0.6 is 0 Å². The molecule has 5 nitrogen and oxygen atoms in total. The maximum absolute atomic E-state index is 11.1. The van der Waals surface area contributed by atoms with Crippen molar-refractivity contribution in [3.05, 3.63) is 11.8 Å². The van der Waals surface area contributed by atoms with Crippen molar-refractivity contribution in [1.29, 1.82) is 0 Å². The molecular formula is C7H10N2O3. The van der Waals surface area contributed by atoms with Gasteiger partial charge in [-0.15, -0.1) is 0 Å². The van der Waals surface area contributed by atoms with Gasteiger partial charge in [0.25, 0.3) is 0 Å². The van der Waals surface area contributed by atoms with Gasteiger partial charge in [0.1, 0.15) is 5.56 Å². The van der Waals surface area contributed by atoms with E-state index in [1.807, 2.05) is 0 Å². The molecule has 1 rings (SSSR count). The minimum absolute atomic E-state index is 0.336. The second-order valence-electron chi connectivity index (χ2n) is 2.18. The number of ether oxygens (including phenoxy) is 2. The maximum atomic E-state index is 11.1. The molecule has 0 aliphatic heterocycles. The van der Waals surface area contributed by atoms with Crippen LogP contribution in [0.2, 0.25) is 0 Å². The average molecular weight is 170 g/mol. The van der Waals surface area contributed by atoms with Gasteiger partial charge in [0.15, 0.2) is 0 Å². The summed E-state index contributed by atoms with van der Waals surface area (Å²) in [6, 6.07) is 0. The van der Waals surface area contributed by atoms with Crippen molar-refractivity contribution in [2.45, 2.75) is 0 Å². The minimum Gasteiger partial charge on any atom is -0.481 e. The Balaban J connectivity index is 3.07. The first-order valence-corrected chi connectivity index (χ1v) is 3.35. The fourth-order valence-corrected chi connectivity index (χ4v) is 0.918. The van der Waals surface area contributed by atoms with Gasteiger partial charge >= 0.3 is 5.97 Å². The third-order valence-electron chi connectivity index (χ3n) is 1.48. The van der Waals surface area contributed by atoms with Crippen molar-refractivity contribution in [1.82, 2.24) is 9.78 Å². The summed E-state index contributed by atoms with van der Waals surface area (Å²) in [4.78, 5) is 11.1. The zero-order valence-electron chi connectivity index (χ0n) is 7.20.